The Balaban J connectivity index is 2.92. The Hall–Kier alpha value is -1.80. The maximum Gasteiger partial charge on any atom is 0.233 e. The minimum atomic E-state index is -0.489. The van der Waals surface area contributed by atoms with Crippen molar-refractivity contribution in [1.82, 2.24) is 9.97 Å². The van der Waals surface area contributed by atoms with Crippen molar-refractivity contribution in [2.24, 2.45) is 5.73 Å². The summed E-state index contributed by atoms with van der Waals surface area (Å²) in [6, 6.07) is 0. The Morgan fingerprint density at radius 1 is 1.73 bits per heavy atom. The lowest BCUT2D eigenvalue weighted by molar-refractivity contribution is -0.117. The Labute approximate surface area is 91.6 Å². The molecule has 0 aliphatic rings. The Morgan fingerprint density at radius 2 is 2.47 bits per heavy atom. The molecule has 0 aromatic carbocycles. The third-order valence-electron chi connectivity index (χ3n) is 1.40. The molecular formula is C9H8ClN3O2. The highest BCUT2D eigenvalue weighted by Crippen LogP contribution is 2.14. The Kier molecular flexibility index (Phi) is 3.89. The molecule has 0 saturated carbocycles. The van der Waals surface area contributed by atoms with Gasteiger partial charge in [0, 0.05) is 0 Å². The van der Waals surface area contributed by atoms with Gasteiger partial charge in [-0.3, -0.25) is 4.79 Å². The highest BCUT2D eigenvalue weighted by Gasteiger charge is 2.03. The van der Waals surface area contributed by atoms with Gasteiger partial charge in [-0.1, -0.05) is 11.8 Å². The third kappa shape index (κ3) is 3.44. The van der Waals surface area contributed by atoms with Crippen LogP contribution in [0, 0.1) is 11.8 Å². The van der Waals surface area contributed by atoms with Crippen LogP contribution in [0.3, 0.4) is 0 Å². The number of primary amides is 1. The van der Waals surface area contributed by atoms with Gasteiger partial charge in [-0.2, -0.15) is 4.98 Å². The zero-order valence-electron chi connectivity index (χ0n) is 7.95. The average molecular weight is 226 g/mol. The number of carbonyl (C=O) groups excluding carboxylic acids is 1. The van der Waals surface area contributed by atoms with Crippen molar-refractivity contribution in [3.05, 3.63) is 17.0 Å². The van der Waals surface area contributed by atoms with E-state index in [4.69, 9.17) is 22.1 Å². The van der Waals surface area contributed by atoms with E-state index >= 15 is 0 Å². The molecule has 1 aromatic heterocycles. The highest BCUT2D eigenvalue weighted by atomic mass is 35.5. The summed E-state index contributed by atoms with van der Waals surface area (Å²) in [5, 5.41) is 0.0762. The van der Waals surface area contributed by atoms with Gasteiger partial charge in [0.2, 0.25) is 17.1 Å². The summed E-state index contributed by atoms with van der Waals surface area (Å²) >= 11 is 5.56. The molecule has 0 aliphatic heterocycles. The standard InChI is InChI=1S/C9H8ClN3O2/c1-15-8-6(3-2-4-7(11)14)5-12-9(10)13-8/h5H,4H2,1H3,(H2,11,14). The van der Waals surface area contributed by atoms with Crippen molar-refractivity contribution in [3.63, 3.8) is 0 Å². The van der Waals surface area contributed by atoms with Gasteiger partial charge in [0.05, 0.1) is 19.7 Å². The van der Waals surface area contributed by atoms with Crippen molar-refractivity contribution in [2.45, 2.75) is 6.42 Å². The maximum absolute atomic E-state index is 10.4. The highest BCUT2D eigenvalue weighted by molar-refractivity contribution is 6.28. The predicted octanol–water partition coefficient (Wildman–Crippen LogP) is 0.366. The number of hydrogen-bond acceptors (Lipinski definition) is 4. The number of carbonyl (C=O) groups is 1. The molecule has 2 N–H and O–H groups in total. The molecule has 1 amide bonds. The molecule has 1 rings (SSSR count). The molecule has 0 unspecified atom stereocenters. The second-order valence-corrected chi connectivity index (χ2v) is 2.84. The van der Waals surface area contributed by atoms with Crippen LogP contribution >= 0.6 is 11.6 Å². The zero-order chi connectivity index (χ0) is 11.3. The molecule has 78 valence electrons. The lowest BCUT2D eigenvalue weighted by Crippen LogP contribution is -2.08. The monoisotopic (exact) mass is 225 g/mol. The van der Waals surface area contributed by atoms with Crippen LogP contribution in [0.4, 0.5) is 0 Å². The molecule has 0 spiro atoms. The first kappa shape index (κ1) is 11.3. The van der Waals surface area contributed by atoms with Crippen LogP contribution in [0.5, 0.6) is 5.88 Å². The van der Waals surface area contributed by atoms with Crippen molar-refractivity contribution >= 4 is 17.5 Å². The lowest BCUT2D eigenvalue weighted by Gasteiger charge is -2.00. The van der Waals surface area contributed by atoms with Crippen LogP contribution in [0.2, 0.25) is 5.28 Å². The van der Waals surface area contributed by atoms with Crippen molar-refractivity contribution in [1.29, 1.82) is 0 Å². The largest absolute Gasteiger partial charge is 0.480 e. The van der Waals surface area contributed by atoms with E-state index in [1.807, 2.05) is 0 Å². The van der Waals surface area contributed by atoms with Gasteiger partial charge in [-0.15, -0.1) is 0 Å². The molecule has 0 aliphatic carbocycles. The second-order valence-electron chi connectivity index (χ2n) is 2.51. The van der Waals surface area contributed by atoms with Gasteiger partial charge in [0.25, 0.3) is 0 Å². The quantitative estimate of drug-likeness (QED) is 0.583. The Morgan fingerprint density at radius 3 is 3.07 bits per heavy atom. The SMILES string of the molecule is COc1nc(Cl)ncc1C#CCC(N)=O. The topological polar surface area (TPSA) is 78.1 Å². The summed E-state index contributed by atoms with van der Waals surface area (Å²) in [6.07, 6.45) is 1.40. The van der Waals surface area contributed by atoms with E-state index in [0.29, 0.717) is 5.56 Å². The van der Waals surface area contributed by atoms with Gasteiger partial charge >= 0.3 is 0 Å². The van der Waals surface area contributed by atoms with E-state index in [0.717, 1.165) is 0 Å². The van der Waals surface area contributed by atoms with Crippen LogP contribution < -0.4 is 10.5 Å². The first-order valence-corrected chi connectivity index (χ1v) is 4.35. The lowest BCUT2D eigenvalue weighted by atomic mass is 10.3. The molecule has 0 atom stereocenters. The van der Waals surface area contributed by atoms with Crippen LogP contribution in [-0.4, -0.2) is 23.0 Å². The number of nitrogens with zero attached hydrogens (tertiary/aromatic N) is 2. The number of methoxy groups -OCH3 is 1. The summed E-state index contributed by atoms with van der Waals surface area (Å²) in [7, 11) is 1.44. The number of amides is 1. The molecule has 6 heteroatoms. The fraction of sp³-hybridized carbons (Fsp3) is 0.222. The summed E-state index contributed by atoms with van der Waals surface area (Å²) in [5.41, 5.74) is 5.39. The molecule has 0 saturated heterocycles. The van der Waals surface area contributed by atoms with E-state index in [-0.39, 0.29) is 17.6 Å². The van der Waals surface area contributed by atoms with E-state index in [1.54, 1.807) is 0 Å². The first-order chi connectivity index (χ1) is 7.13. The summed E-state index contributed by atoms with van der Waals surface area (Å²) < 4.78 is 4.93. The number of aromatic nitrogens is 2. The van der Waals surface area contributed by atoms with Gasteiger partial charge in [0.15, 0.2) is 0 Å². The van der Waals surface area contributed by atoms with Gasteiger partial charge in [-0.25, -0.2) is 4.98 Å². The number of hydrogen-bond donors (Lipinski definition) is 1. The van der Waals surface area contributed by atoms with E-state index in [9.17, 15) is 4.79 Å². The maximum atomic E-state index is 10.4. The zero-order valence-corrected chi connectivity index (χ0v) is 8.71. The fourth-order valence-electron chi connectivity index (χ4n) is 0.814. The predicted molar refractivity (Wildman–Crippen MR) is 54.3 cm³/mol. The van der Waals surface area contributed by atoms with E-state index < -0.39 is 5.91 Å². The molecule has 1 heterocycles. The van der Waals surface area contributed by atoms with Crippen molar-refractivity contribution in [2.75, 3.05) is 7.11 Å². The van der Waals surface area contributed by atoms with E-state index in [1.165, 1.54) is 13.3 Å². The fourth-order valence-corrected chi connectivity index (χ4v) is 0.939. The van der Waals surface area contributed by atoms with Crippen LogP contribution in [-0.2, 0) is 4.79 Å². The van der Waals surface area contributed by atoms with Gasteiger partial charge in [0.1, 0.15) is 5.56 Å². The van der Waals surface area contributed by atoms with Crippen LogP contribution in [0.25, 0.3) is 0 Å². The van der Waals surface area contributed by atoms with Crippen LogP contribution in [0.15, 0.2) is 6.20 Å². The number of ether oxygens (including phenoxy) is 1. The minimum absolute atomic E-state index is 0.0220. The molecule has 5 nitrogen and oxygen atoms in total. The third-order valence-corrected chi connectivity index (χ3v) is 1.59. The van der Waals surface area contributed by atoms with Crippen molar-refractivity contribution in [3.8, 4) is 17.7 Å². The molecule has 0 bridgehead atoms. The van der Waals surface area contributed by atoms with Crippen molar-refractivity contribution < 1.29 is 9.53 Å². The Bertz CT molecular complexity index is 437. The minimum Gasteiger partial charge on any atom is -0.480 e. The van der Waals surface area contributed by atoms with Crippen LogP contribution in [0.1, 0.15) is 12.0 Å². The molecular weight excluding hydrogens is 218 g/mol. The smallest absolute Gasteiger partial charge is 0.233 e. The summed E-state index contributed by atoms with van der Waals surface area (Å²) in [6.45, 7) is 0. The summed E-state index contributed by atoms with van der Waals surface area (Å²) in [5.74, 6) is 5.01. The molecule has 0 radical (unpaired) electrons. The second kappa shape index (κ2) is 5.17. The molecule has 1 aromatic rings. The average Bonchev–Trinajstić information content (AvgIpc) is 2.19. The number of halogens is 1. The molecule has 0 fully saturated rings. The number of nitrogens with two attached hydrogens (primary N) is 1. The number of rotatable bonds is 2. The first-order valence-electron chi connectivity index (χ1n) is 3.97. The van der Waals surface area contributed by atoms with Gasteiger partial charge in [-0.05, 0) is 11.6 Å². The summed E-state index contributed by atoms with van der Waals surface area (Å²) in [4.78, 5) is 18.0. The molecule has 15 heavy (non-hydrogen) atoms. The van der Waals surface area contributed by atoms with E-state index in [2.05, 4.69) is 21.8 Å². The normalized spacial score (nSPS) is 8.93. The van der Waals surface area contributed by atoms with Gasteiger partial charge < -0.3 is 10.5 Å².